The molecule has 9 rings (SSSR count). The summed E-state index contributed by atoms with van der Waals surface area (Å²) in [4.78, 5) is 17.0. The van der Waals surface area contributed by atoms with E-state index in [-0.39, 0.29) is 34.1 Å². The normalized spacial score (nSPS) is 43.6. The number of hydrogen-bond donors (Lipinski definition) is 2. The lowest BCUT2D eigenvalue weighted by atomic mass is 9.32. The van der Waals surface area contributed by atoms with Crippen molar-refractivity contribution in [1.82, 2.24) is 4.90 Å². The van der Waals surface area contributed by atoms with Gasteiger partial charge in [-0.3, -0.25) is 9.69 Å². The summed E-state index contributed by atoms with van der Waals surface area (Å²) < 4.78 is 0. The molecule has 4 heteroatoms. The maximum absolute atomic E-state index is 14.5. The fraction of sp³-hybridized carbons (Fsp3) is 0.553. The monoisotopic (exact) mass is 563 g/mol. The molecule has 3 fully saturated rings. The van der Waals surface area contributed by atoms with Gasteiger partial charge in [0.25, 0.3) is 0 Å². The number of Topliss-reactive ketones (excluding diaryl/α,β-unsaturated/α-hetero) is 1. The standard InChI is InChI=1S/C38H45NO3/c1-34-16-12-29(40)22-36(34)19-20-38(30(23-36)33(41)27-9-4-3-5-10-27)31(34)13-17-35(2)32(38)14-18-37(35,42)25-39-21-15-26-8-6-7-11-28(26)24-39/h3-11,19-20,23,29,31-32,40,42H,12-18,21-22,24-25H2,1-2H3. The third-order valence-corrected chi connectivity index (χ3v) is 13.7. The molecule has 1 aliphatic heterocycles. The van der Waals surface area contributed by atoms with Crippen LogP contribution in [-0.2, 0) is 13.0 Å². The zero-order valence-corrected chi connectivity index (χ0v) is 25.2. The van der Waals surface area contributed by atoms with Gasteiger partial charge in [-0.25, -0.2) is 0 Å². The van der Waals surface area contributed by atoms with E-state index in [4.69, 9.17) is 0 Å². The van der Waals surface area contributed by atoms with Gasteiger partial charge in [-0.15, -0.1) is 0 Å². The lowest BCUT2D eigenvalue weighted by molar-refractivity contribution is -0.176. The van der Waals surface area contributed by atoms with Crippen molar-refractivity contribution in [3.05, 3.63) is 95.1 Å². The second kappa shape index (κ2) is 9.00. The van der Waals surface area contributed by atoms with Crippen LogP contribution in [0.3, 0.4) is 0 Å². The lowest BCUT2D eigenvalue weighted by Crippen LogP contribution is -2.67. The van der Waals surface area contributed by atoms with Crippen LogP contribution in [-0.4, -0.2) is 45.7 Å². The van der Waals surface area contributed by atoms with Crippen LogP contribution >= 0.6 is 0 Å². The van der Waals surface area contributed by atoms with Crippen LogP contribution in [0.1, 0.15) is 80.3 Å². The minimum Gasteiger partial charge on any atom is -0.393 e. The predicted molar refractivity (Wildman–Crippen MR) is 165 cm³/mol. The summed E-state index contributed by atoms with van der Waals surface area (Å²) in [6.45, 7) is 7.38. The molecule has 1 heterocycles. The van der Waals surface area contributed by atoms with Crippen molar-refractivity contribution < 1.29 is 15.0 Å². The van der Waals surface area contributed by atoms with Gasteiger partial charge in [-0.2, -0.15) is 0 Å². The van der Waals surface area contributed by atoms with Crippen molar-refractivity contribution in [3.63, 3.8) is 0 Å². The first-order chi connectivity index (χ1) is 20.1. The molecule has 8 unspecified atom stereocenters. The first kappa shape index (κ1) is 27.0. The van der Waals surface area contributed by atoms with Crippen LogP contribution in [0.5, 0.6) is 0 Å². The summed E-state index contributed by atoms with van der Waals surface area (Å²) in [5.74, 6) is 0.666. The summed E-state index contributed by atoms with van der Waals surface area (Å²) in [7, 11) is 0. The quantitative estimate of drug-likeness (QED) is 0.329. The van der Waals surface area contributed by atoms with E-state index in [0.29, 0.717) is 18.9 Å². The molecule has 3 saturated carbocycles. The van der Waals surface area contributed by atoms with Crippen LogP contribution in [0, 0.1) is 33.5 Å². The Balaban J connectivity index is 1.21. The molecule has 6 aliphatic carbocycles. The summed E-state index contributed by atoms with van der Waals surface area (Å²) in [5, 5.41) is 23.6. The Hall–Kier alpha value is -2.53. The van der Waals surface area contributed by atoms with E-state index in [0.717, 1.165) is 69.2 Å². The van der Waals surface area contributed by atoms with Crippen molar-refractivity contribution in [3.8, 4) is 0 Å². The van der Waals surface area contributed by atoms with Gasteiger partial charge in [0, 0.05) is 47.0 Å². The van der Waals surface area contributed by atoms with Gasteiger partial charge in [0.1, 0.15) is 0 Å². The highest BCUT2D eigenvalue weighted by Crippen LogP contribution is 2.78. The van der Waals surface area contributed by atoms with Gasteiger partial charge in [-0.05, 0) is 79.7 Å². The van der Waals surface area contributed by atoms with E-state index in [2.05, 4.69) is 61.2 Å². The maximum atomic E-state index is 14.5. The highest BCUT2D eigenvalue weighted by atomic mass is 16.3. The molecule has 0 radical (unpaired) electrons. The number of β-amino-alcohol motifs (C(OH)–C–C–N with tert-alkyl or cyclic N) is 1. The van der Waals surface area contributed by atoms with Crippen molar-refractivity contribution in [2.75, 3.05) is 13.1 Å². The predicted octanol–water partition coefficient (Wildman–Crippen LogP) is 6.52. The highest BCUT2D eigenvalue weighted by Gasteiger charge is 2.74. The van der Waals surface area contributed by atoms with Gasteiger partial charge >= 0.3 is 0 Å². The first-order valence-electron chi connectivity index (χ1n) is 16.4. The third kappa shape index (κ3) is 3.38. The topological polar surface area (TPSA) is 60.8 Å². The summed E-state index contributed by atoms with van der Waals surface area (Å²) in [6, 6.07) is 18.5. The van der Waals surface area contributed by atoms with E-state index in [1.165, 1.54) is 11.1 Å². The van der Waals surface area contributed by atoms with Gasteiger partial charge in [0.2, 0.25) is 0 Å². The molecule has 4 nitrogen and oxygen atoms in total. The van der Waals surface area contributed by atoms with Crippen molar-refractivity contribution >= 4 is 5.78 Å². The number of benzene rings is 2. The molecule has 0 aromatic heterocycles. The van der Waals surface area contributed by atoms with Crippen LogP contribution in [0.15, 0.2) is 78.4 Å². The second-order valence-electron chi connectivity index (χ2n) is 15.2. The Morgan fingerprint density at radius 2 is 1.57 bits per heavy atom. The molecular formula is C38H45NO3. The number of nitrogens with zero attached hydrogens (tertiary/aromatic N) is 1. The lowest BCUT2D eigenvalue weighted by Gasteiger charge is -2.71. The molecule has 7 aliphatic rings. The Morgan fingerprint density at radius 1 is 0.881 bits per heavy atom. The number of hydrogen-bond acceptors (Lipinski definition) is 4. The number of carbonyl (C=O) groups is 1. The number of rotatable bonds is 4. The van der Waals surface area contributed by atoms with E-state index in [9.17, 15) is 15.0 Å². The summed E-state index contributed by atoms with van der Waals surface area (Å²) in [6.07, 6.45) is 14.1. The van der Waals surface area contributed by atoms with Gasteiger partial charge in [0.15, 0.2) is 5.78 Å². The zero-order chi connectivity index (χ0) is 29.0. The van der Waals surface area contributed by atoms with Gasteiger partial charge in [0.05, 0.1) is 11.7 Å². The fourth-order valence-corrected chi connectivity index (χ4v) is 11.4. The average molecular weight is 564 g/mol. The smallest absolute Gasteiger partial charge is 0.189 e. The molecule has 2 spiro atoms. The number of carbonyl (C=O) groups excluding carboxylic acids is 1. The zero-order valence-electron chi connectivity index (χ0n) is 25.2. The Labute approximate surface area is 250 Å². The van der Waals surface area contributed by atoms with Crippen molar-refractivity contribution in [1.29, 1.82) is 0 Å². The molecular weight excluding hydrogens is 518 g/mol. The number of aliphatic hydroxyl groups is 2. The van der Waals surface area contributed by atoms with Crippen molar-refractivity contribution in [2.24, 2.45) is 33.5 Å². The van der Waals surface area contributed by atoms with Crippen molar-refractivity contribution in [2.45, 2.75) is 83.5 Å². The van der Waals surface area contributed by atoms with E-state index in [1.807, 2.05) is 30.3 Å². The van der Waals surface area contributed by atoms with Crippen LogP contribution < -0.4 is 0 Å². The van der Waals surface area contributed by atoms with E-state index >= 15 is 0 Å². The molecule has 2 aromatic rings. The number of fused-ring (bicyclic) bond motifs is 2. The maximum Gasteiger partial charge on any atom is 0.189 e. The summed E-state index contributed by atoms with van der Waals surface area (Å²) in [5.41, 5.74) is 2.75. The minimum atomic E-state index is -0.798. The molecule has 42 heavy (non-hydrogen) atoms. The number of ketones is 1. The molecule has 8 atom stereocenters. The number of aliphatic hydroxyl groups excluding tert-OH is 1. The average Bonchev–Trinajstić information content (AvgIpc) is 3.27. The fourth-order valence-electron chi connectivity index (χ4n) is 11.4. The van der Waals surface area contributed by atoms with Crippen LogP contribution in [0.4, 0.5) is 0 Å². The van der Waals surface area contributed by atoms with Gasteiger partial charge < -0.3 is 10.2 Å². The Morgan fingerprint density at radius 3 is 2.38 bits per heavy atom. The molecule has 2 aromatic carbocycles. The molecule has 2 N–H and O–H groups in total. The minimum absolute atomic E-state index is 0.0000631. The van der Waals surface area contributed by atoms with Crippen LogP contribution in [0.25, 0.3) is 0 Å². The molecule has 0 saturated heterocycles. The van der Waals surface area contributed by atoms with Gasteiger partial charge in [-0.1, -0.05) is 86.7 Å². The largest absolute Gasteiger partial charge is 0.393 e. The van der Waals surface area contributed by atoms with E-state index < -0.39 is 11.0 Å². The molecule has 220 valence electrons. The molecule has 2 bridgehead atoms. The SMILES string of the molecule is CC12CCC(O)CC13C=CC1(C(C(=O)c4ccccc4)=C3)C2CCC2(C)C1CCC2(O)CN1CCc2ccccc2C1. The van der Waals surface area contributed by atoms with Crippen LogP contribution in [0.2, 0.25) is 0 Å². The highest BCUT2D eigenvalue weighted by molar-refractivity contribution is 6.10. The van der Waals surface area contributed by atoms with E-state index in [1.54, 1.807) is 0 Å². The number of allylic oxidation sites excluding steroid dienone is 4. The third-order valence-electron chi connectivity index (χ3n) is 13.7. The molecule has 0 amide bonds. The Bertz CT molecular complexity index is 1500. The first-order valence-corrected chi connectivity index (χ1v) is 16.4. The summed E-state index contributed by atoms with van der Waals surface area (Å²) >= 11 is 0. The second-order valence-corrected chi connectivity index (χ2v) is 15.2. The Kier molecular flexibility index (Phi) is 5.80.